The molecule has 1 aliphatic rings. The van der Waals surface area contributed by atoms with Crippen LogP contribution in [-0.2, 0) is 16.0 Å². The fourth-order valence-electron chi connectivity index (χ4n) is 3.22. The highest BCUT2D eigenvalue weighted by Gasteiger charge is 2.21. The van der Waals surface area contributed by atoms with Crippen molar-refractivity contribution in [3.8, 4) is 10.6 Å². The predicted octanol–water partition coefficient (Wildman–Crippen LogP) is 4.23. The van der Waals surface area contributed by atoms with Gasteiger partial charge in [-0.25, -0.2) is 4.98 Å². The summed E-state index contributed by atoms with van der Waals surface area (Å²) in [6.07, 6.45) is 0.143. The zero-order chi connectivity index (χ0) is 20.9. The fourth-order valence-corrected chi connectivity index (χ4v) is 4.43. The molecule has 0 bridgehead atoms. The van der Waals surface area contributed by atoms with E-state index in [-0.39, 0.29) is 18.2 Å². The zero-order valence-electron chi connectivity index (χ0n) is 16.1. The number of morpholine rings is 1. The normalized spacial score (nSPS) is 13.8. The van der Waals surface area contributed by atoms with Gasteiger partial charge in [0, 0.05) is 28.5 Å². The molecule has 0 radical (unpaired) electrons. The molecule has 3 aromatic rings. The van der Waals surface area contributed by atoms with E-state index in [1.807, 2.05) is 29.6 Å². The molecule has 1 fully saturated rings. The van der Waals surface area contributed by atoms with Crippen LogP contribution < -0.4 is 5.32 Å². The minimum atomic E-state index is -0.205. The van der Waals surface area contributed by atoms with Crippen LogP contribution >= 0.6 is 27.3 Å². The van der Waals surface area contributed by atoms with Crippen LogP contribution in [0, 0.1) is 0 Å². The van der Waals surface area contributed by atoms with E-state index in [1.165, 1.54) is 11.3 Å². The first kappa shape index (κ1) is 20.7. The Labute approximate surface area is 187 Å². The van der Waals surface area contributed by atoms with E-state index >= 15 is 0 Å². The van der Waals surface area contributed by atoms with Crippen molar-refractivity contribution in [1.82, 2.24) is 9.88 Å². The molecule has 0 atom stereocenters. The van der Waals surface area contributed by atoms with Gasteiger partial charge in [0.15, 0.2) is 0 Å². The molecule has 6 nitrogen and oxygen atoms in total. The summed E-state index contributed by atoms with van der Waals surface area (Å²) in [6.45, 7) is 2.17. The van der Waals surface area contributed by atoms with Crippen molar-refractivity contribution in [3.63, 3.8) is 0 Å². The Balaban J connectivity index is 1.44. The van der Waals surface area contributed by atoms with Gasteiger partial charge < -0.3 is 15.0 Å². The molecule has 8 heteroatoms. The minimum Gasteiger partial charge on any atom is -0.378 e. The number of aromatic nitrogens is 1. The number of para-hydroxylation sites is 1. The number of ether oxygens (including phenoxy) is 1. The van der Waals surface area contributed by atoms with E-state index in [9.17, 15) is 9.59 Å². The van der Waals surface area contributed by atoms with Crippen LogP contribution in [0.5, 0.6) is 0 Å². The molecule has 2 heterocycles. The lowest BCUT2D eigenvalue weighted by atomic mass is 10.1. The lowest BCUT2D eigenvalue weighted by Gasteiger charge is -2.27. The van der Waals surface area contributed by atoms with Gasteiger partial charge in [-0.3, -0.25) is 9.59 Å². The first-order valence-corrected chi connectivity index (χ1v) is 11.2. The highest BCUT2D eigenvalue weighted by Crippen LogP contribution is 2.26. The van der Waals surface area contributed by atoms with Crippen molar-refractivity contribution in [2.45, 2.75) is 6.42 Å². The van der Waals surface area contributed by atoms with E-state index in [0.717, 1.165) is 15.0 Å². The SMILES string of the molecule is O=C(Cc1csc(-c2cccc(Br)c2)n1)Nc1ccccc1C(=O)N1CCOCC1. The minimum absolute atomic E-state index is 0.0974. The molecule has 1 aliphatic heterocycles. The molecule has 2 aromatic carbocycles. The number of carbonyl (C=O) groups is 2. The number of benzene rings is 2. The highest BCUT2D eigenvalue weighted by atomic mass is 79.9. The number of amides is 2. The number of anilines is 1. The van der Waals surface area contributed by atoms with Crippen LogP contribution in [0.4, 0.5) is 5.69 Å². The molecule has 30 heavy (non-hydrogen) atoms. The molecule has 1 N–H and O–H groups in total. The van der Waals surface area contributed by atoms with Crippen LogP contribution in [0.15, 0.2) is 58.4 Å². The molecule has 154 valence electrons. The zero-order valence-corrected chi connectivity index (χ0v) is 18.5. The predicted molar refractivity (Wildman–Crippen MR) is 121 cm³/mol. The summed E-state index contributed by atoms with van der Waals surface area (Å²) in [4.78, 5) is 31.8. The van der Waals surface area contributed by atoms with Gasteiger partial charge in [-0.1, -0.05) is 40.2 Å². The summed E-state index contributed by atoms with van der Waals surface area (Å²) in [7, 11) is 0. The van der Waals surface area contributed by atoms with E-state index < -0.39 is 0 Å². The maximum Gasteiger partial charge on any atom is 0.256 e. The van der Waals surface area contributed by atoms with Gasteiger partial charge in [-0.05, 0) is 24.3 Å². The smallest absolute Gasteiger partial charge is 0.256 e. The van der Waals surface area contributed by atoms with Gasteiger partial charge in [0.25, 0.3) is 5.91 Å². The van der Waals surface area contributed by atoms with Crippen LogP contribution in [0.1, 0.15) is 16.1 Å². The summed E-state index contributed by atoms with van der Waals surface area (Å²) >= 11 is 4.97. The first-order valence-electron chi connectivity index (χ1n) is 9.56. The van der Waals surface area contributed by atoms with Crippen LogP contribution in [0.25, 0.3) is 10.6 Å². The number of nitrogens with one attached hydrogen (secondary N) is 1. The van der Waals surface area contributed by atoms with Gasteiger partial charge in [0.1, 0.15) is 5.01 Å². The third-order valence-corrected chi connectivity index (χ3v) is 6.13. The van der Waals surface area contributed by atoms with Gasteiger partial charge in [-0.15, -0.1) is 11.3 Å². The number of thiazole rings is 1. The average molecular weight is 486 g/mol. The summed E-state index contributed by atoms with van der Waals surface area (Å²) in [6, 6.07) is 15.0. The Bertz CT molecular complexity index is 1060. The monoisotopic (exact) mass is 485 g/mol. The maximum absolute atomic E-state index is 12.9. The van der Waals surface area contributed by atoms with Gasteiger partial charge in [0.2, 0.25) is 5.91 Å². The van der Waals surface area contributed by atoms with E-state index in [1.54, 1.807) is 29.2 Å². The molecular weight excluding hydrogens is 466 g/mol. The number of rotatable bonds is 5. The Morgan fingerprint density at radius 1 is 1.13 bits per heavy atom. The third-order valence-electron chi connectivity index (χ3n) is 4.69. The molecule has 1 aromatic heterocycles. The van der Waals surface area contributed by atoms with Gasteiger partial charge in [-0.2, -0.15) is 0 Å². The summed E-state index contributed by atoms with van der Waals surface area (Å²) in [5.41, 5.74) is 2.70. The number of nitrogens with zero attached hydrogens (tertiary/aromatic N) is 2. The third kappa shape index (κ3) is 4.95. The van der Waals surface area contributed by atoms with Gasteiger partial charge >= 0.3 is 0 Å². The second kappa shape index (κ2) is 9.51. The molecule has 0 unspecified atom stereocenters. The van der Waals surface area contributed by atoms with Crippen molar-refractivity contribution in [2.75, 3.05) is 31.6 Å². The highest BCUT2D eigenvalue weighted by molar-refractivity contribution is 9.10. The molecule has 2 amide bonds. The first-order chi connectivity index (χ1) is 14.6. The van der Waals surface area contributed by atoms with Crippen LogP contribution in [-0.4, -0.2) is 48.0 Å². The molecule has 1 saturated heterocycles. The number of halogens is 1. The molecule has 4 rings (SSSR count). The van der Waals surface area contributed by atoms with E-state index in [4.69, 9.17) is 4.74 Å². The molecule has 0 saturated carbocycles. The second-order valence-corrected chi connectivity index (χ2v) is 8.60. The van der Waals surface area contributed by atoms with Crippen LogP contribution in [0.2, 0.25) is 0 Å². The molecular formula is C22H20BrN3O3S. The molecule has 0 spiro atoms. The fraction of sp³-hybridized carbons (Fsp3) is 0.227. The Morgan fingerprint density at radius 3 is 2.73 bits per heavy atom. The maximum atomic E-state index is 12.9. The van der Waals surface area contributed by atoms with Crippen molar-refractivity contribution in [1.29, 1.82) is 0 Å². The topological polar surface area (TPSA) is 71.5 Å². The standard InChI is InChI=1S/C22H20BrN3O3S/c23-16-5-3-4-15(12-16)21-24-17(14-30-21)13-20(27)25-19-7-2-1-6-18(19)22(28)26-8-10-29-11-9-26/h1-7,12,14H,8-11,13H2,(H,25,27). The molecule has 0 aliphatic carbocycles. The lowest BCUT2D eigenvalue weighted by Crippen LogP contribution is -2.41. The number of hydrogen-bond acceptors (Lipinski definition) is 5. The van der Waals surface area contributed by atoms with Crippen molar-refractivity contribution in [2.24, 2.45) is 0 Å². The largest absolute Gasteiger partial charge is 0.378 e. The summed E-state index contributed by atoms with van der Waals surface area (Å²) in [5.74, 6) is -0.303. The van der Waals surface area contributed by atoms with Crippen molar-refractivity contribution < 1.29 is 14.3 Å². The number of hydrogen-bond donors (Lipinski definition) is 1. The summed E-state index contributed by atoms with van der Waals surface area (Å²) in [5, 5.41) is 5.63. The Morgan fingerprint density at radius 2 is 1.93 bits per heavy atom. The number of carbonyl (C=O) groups excluding carboxylic acids is 2. The van der Waals surface area contributed by atoms with E-state index in [2.05, 4.69) is 26.2 Å². The van der Waals surface area contributed by atoms with Crippen molar-refractivity contribution in [3.05, 3.63) is 69.6 Å². The Hall–Kier alpha value is -2.55. The van der Waals surface area contributed by atoms with Gasteiger partial charge in [0.05, 0.1) is 36.6 Å². The summed E-state index contributed by atoms with van der Waals surface area (Å²) < 4.78 is 6.30. The van der Waals surface area contributed by atoms with Crippen molar-refractivity contribution >= 4 is 44.8 Å². The second-order valence-electron chi connectivity index (χ2n) is 6.83. The van der Waals surface area contributed by atoms with E-state index in [0.29, 0.717) is 43.2 Å². The Kier molecular flexibility index (Phi) is 6.56. The average Bonchev–Trinajstić information content (AvgIpc) is 3.22. The quantitative estimate of drug-likeness (QED) is 0.586. The lowest BCUT2D eigenvalue weighted by molar-refractivity contribution is -0.115. The van der Waals surface area contributed by atoms with Crippen LogP contribution in [0.3, 0.4) is 0 Å².